The van der Waals surface area contributed by atoms with Gasteiger partial charge in [0.2, 0.25) is 0 Å². The summed E-state index contributed by atoms with van der Waals surface area (Å²) in [5.41, 5.74) is 1.60. The smallest absolute Gasteiger partial charge is 0.161 e. The topological polar surface area (TPSA) is 117 Å². The van der Waals surface area contributed by atoms with Crippen molar-refractivity contribution in [1.29, 1.82) is 0 Å². The Balaban J connectivity index is 1.16. The molecule has 0 amide bonds. The van der Waals surface area contributed by atoms with Gasteiger partial charge in [0.1, 0.15) is 74.2 Å². The highest BCUT2D eigenvalue weighted by atomic mass is 16.6. The van der Waals surface area contributed by atoms with Crippen LogP contribution in [0.2, 0.25) is 0 Å². The van der Waals surface area contributed by atoms with Gasteiger partial charge in [-0.2, -0.15) is 0 Å². The van der Waals surface area contributed by atoms with E-state index in [9.17, 15) is 5.11 Å². The van der Waals surface area contributed by atoms with Gasteiger partial charge in [-0.1, -0.05) is 13.0 Å². The van der Waals surface area contributed by atoms with Gasteiger partial charge in [-0.05, 0) is 17.7 Å². The van der Waals surface area contributed by atoms with Crippen LogP contribution in [0.3, 0.4) is 0 Å². The lowest BCUT2D eigenvalue weighted by Gasteiger charge is -2.36. The Morgan fingerprint density at radius 1 is 0.711 bits per heavy atom. The fourth-order valence-corrected chi connectivity index (χ4v) is 4.56. The number of aliphatic hydroxyl groups is 1. The van der Waals surface area contributed by atoms with E-state index in [1.807, 2.05) is 37.3 Å². The van der Waals surface area contributed by atoms with Crippen molar-refractivity contribution in [2.45, 2.75) is 49.5 Å². The van der Waals surface area contributed by atoms with Gasteiger partial charge in [0, 0.05) is 23.6 Å². The van der Waals surface area contributed by atoms with Crippen molar-refractivity contribution in [3.05, 3.63) is 41.5 Å². The predicted molar refractivity (Wildman–Crippen MR) is 132 cm³/mol. The van der Waals surface area contributed by atoms with Crippen LogP contribution >= 0.6 is 0 Å². The first-order valence-corrected chi connectivity index (χ1v) is 13.2. The standard InChI is InChI=1S/C28H32O10/c1-15-26-24(37-14-21-11-34-21)5-17(30-7-18-8-31-18)6-25(26)38-28(27(15)29)16-2-3-22(35-12-19-9-32-19)23(4-16)36-13-20-10-33-20/h2-6,15,18-21,27-29H,7-14H2,1H3. The SMILES string of the molecule is CC1c2c(OCC3CO3)cc(OCC3CO3)cc2OC(c2ccc(OCC3CO3)c(OCC3CO3)c2)C1O. The Morgan fingerprint density at radius 3 is 1.87 bits per heavy atom. The maximum atomic E-state index is 11.4. The van der Waals surface area contributed by atoms with E-state index in [2.05, 4.69) is 0 Å². The molecule has 2 aromatic carbocycles. The van der Waals surface area contributed by atoms with Crippen molar-refractivity contribution < 1.29 is 47.7 Å². The summed E-state index contributed by atoms with van der Waals surface area (Å²) in [7, 11) is 0. The summed E-state index contributed by atoms with van der Waals surface area (Å²) >= 11 is 0. The van der Waals surface area contributed by atoms with Crippen LogP contribution in [0.25, 0.3) is 0 Å². The molecule has 5 aliphatic heterocycles. The fourth-order valence-electron chi connectivity index (χ4n) is 4.56. The van der Waals surface area contributed by atoms with Gasteiger partial charge in [-0.3, -0.25) is 0 Å². The average molecular weight is 529 g/mol. The number of hydrogen-bond donors (Lipinski definition) is 1. The van der Waals surface area contributed by atoms with Crippen molar-refractivity contribution in [1.82, 2.24) is 0 Å². The molecule has 2 aromatic rings. The minimum atomic E-state index is -0.820. The monoisotopic (exact) mass is 528 g/mol. The first-order valence-electron chi connectivity index (χ1n) is 13.2. The van der Waals surface area contributed by atoms with Gasteiger partial charge < -0.3 is 47.7 Å². The second-order valence-electron chi connectivity index (χ2n) is 10.4. The van der Waals surface area contributed by atoms with Crippen molar-refractivity contribution in [2.75, 3.05) is 52.9 Å². The summed E-state index contributed by atoms with van der Waals surface area (Å²) in [5.74, 6) is 2.84. The number of epoxide rings is 4. The molecule has 4 fully saturated rings. The van der Waals surface area contributed by atoms with E-state index in [-0.39, 0.29) is 30.3 Å². The van der Waals surface area contributed by atoms with E-state index in [4.69, 9.17) is 42.6 Å². The Labute approximate surface area is 220 Å². The van der Waals surface area contributed by atoms with E-state index < -0.39 is 12.2 Å². The molecule has 0 aromatic heterocycles. The van der Waals surface area contributed by atoms with Crippen molar-refractivity contribution in [3.63, 3.8) is 0 Å². The van der Waals surface area contributed by atoms with Gasteiger partial charge in [-0.15, -0.1) is 0 Å². The minimum absolute atomic E-state index is 0.0965. The second-order valence-corrected chi connectivity index (χ2v) is 10.4. The van der Waals surface area contributed by atoms with Crippen molar-refractivity contribution >= 4 is 0 Å². The normalized spacial score (nSPS) is 32.0. The van der Waals surface area contributed by atoms with Crippen molar-refractivity contribution in [2.24, 2.45) is 0 Å². The molecule has 5 aliphatic rings. The number of fused-ring (bicyclic) bond motifs is 1. The molecule has 7 atom stereocenters. The molecular weight excluding hydrogens is 496 g/mol. The summed E-state index contributed by atoms with van der Waals surface area (Å²) < 4.78 is 51.7. The first-order chi connectivity index (χ1) is 18.6. The summed E-state index contributed by atoms with van der Waals surface area (Å²) in [6, 6.07) is 9.36. The van der Waals surface area contributed by atoms with E-state index >= 15 is 0 Å². The molecule has 7 unspecified atom stereocenters. The molecule has 38 heavy (non-hydrogen) atoms. The van der Waals surface area contributed by atoms with Crippen LogP contribution in [-0.2, 0) is 18.9 Å². The fraction of sp³-hybridized carbons (Fsp3) is 0.571. The maximum absolute atomic E-state index is 11.4. The van der Waals surface area contributed by atoms with E-state index in [0.717, 1.165) is 11.1 Å². The molecule has 0 saturated carbocycles. The number of aliphatic hydroxyl groups excluding tert-OH is 1. The minimum Gasteiger partial charge on any atom is -0.491 e. The zero-order chi connectivity index (χ0) is 25.6. The molecule has 0 bridgehead atoms. The van der Waals surface area contributed by atoms with Crippen LogP contribution < -0.4 is 23.7 Å². The molecule has 7 rings (SSSR count). The summed E-state index contributed by atoms with van der Waals surface area (Å²) in [4.78, 5) is 0. The van der Waals surface area contributed by atoms with Gasteiger partial charge in [0.15, 0.2) is 17.6 Å². The highest BCUT2D eigenvalue weighted by molar-refractivity contribution is 5.55. The molecule has 4 saturated heterocycles. The number of ether oxygens (including phenoxy) is 9. The third-order valence-electron chi connectivity index (χ3n) is 7.23. The lowest BCUT2D eigenvalue weighted by Crippen LogP contribution is -2.33. The van der Waals surface area contributed by atoms with E-state index in [1.165, 1.54) is 0 Å². The van der Waals surface area contributed by atoms with Crippen LogP contribution in [-0.4, -0.2) is 88.5 Å². The van der Waals surface area contributed by atoms with Crippen LogP contribution in [0, 0.1) is 0 Å². The maximum Gasteiger partial charge on any atom is 0.161 e. The number of rotatable bonds is 13. The molecular formula is C28H32O10. The lowest BCUT2D eigenvalue weighted by atomic mass is 9.85. The molecule has 5 heterocycles. The average Bonchev–Trinajstić information content (AvgIpc) is 3.77. The van der Waals surface area contributed by atoms with E-state index in [0.29, 0.717) is 81.6 Å². The molecule has 10 nitrogen and oxygen atoms in total. The van der Waals surface area contributed by atoms with Crippen LogP contribution in [0.1, 0.15) is 30.1 Å². The van der Waals surface area contributed by atoms with Gasteiger partial charge in [0.25, 0.3) is 0 Å². The molecule has 204 valence electrons. The summed E-state index contributed by atoms with van der Waals surface area (Å²) in [5, 5.41) is 11.4. The van der Waals surface area contributed by atoms with Gasteiger partial charge >= 0.3 is 0 Å². The van der Waals surface area contributed by atoms with Gasteiger partial charge in [-0.25, -0.2) is 0 Å². The Kier molecular flexibility index (Phi) is 6.45. The second kappa shape index (κ2) is 10.1. The Morgan fingerprint density at radius 2 is 1.26 bits per heavy atom. The molecule has 0 spiro atoms. The largest absolute Gasteiger partial charge is 0.491 e. The highest BCUT2D eigenvalue weighted by Crippen LogP contribution is 2.49. The van der Waals surface area contributed by atoms with Gasteiger partial charge in [0.05, 0.1) is 26.4 Å². The number of benzene rings is 2. The molecule has 10 heteroatoms. The van der Waals surface area contributed by atoms with E-state index in [1.54, 1.807) is 0 Å². The van der Waals surface area contributed by atoms with Crippen LogP contribution in [0.15, 0.2) is 30.3 Å². The van der Waals surface area contributed by atoms with Crippen LogP contribution in [0.5, 0.6) is 28.7 Å². The predicted octanol–water partition coefficient (Wildman–Crippen LogP) is 2.40. The highest BCUT2D eigenvalue weighted by Gasteiger charge is 2.39. The molecule has 0 radical (unpaired) electrons. The summed E-state index contributed by atoms with van der Waals surface area (Å²) in [6.45, 7) is 6.58. The third-order valence-corrected chi connectivity index (χ3v) is 7.23. The molecule has 0 aliphatic carbocycles. The number of hydrogen-bond acceptors (Lipinski definition) is 10. The molecule has 1 N–H and O–H groups in total. The third kappa shape index (κ3) is 5.64. The Hall–Kier alpha value is -2.76. The zero-order valence-electron chi connectivity index (χ0n) is 21.2. The van der Waals surface area contributed by atoms with Crippen LogP contribution in [0.4, 0.5) is 0 Å². The Bertz CT molecular complexity index is 1150. The first kappa shape index (κ1) is 24.3. The zero-order valence-corrected chi connectivity index (χ0v) is 21.2. The lowest BCUT2D eigenvalue weighted by molar-refractivity contribution is 0.00225. The van der Waals surface area contributed by atoms with Crippen molar-refractivity contribution in [3.8, 4) is 28.7 Å². The quantitative estimate of drug-likeness (QED) is 0.389. The summed E-state index contributed by atoms with van der Waals surface area (Å²) in [6.07, 6.45) is -1.00.